The van der Waals surface area contributed by atoms with Gasteiger partial charge in [0.2, 0.25) is 0 Å². The van der Waals surface area contributed by atoms with Gasteiger partial charge in [-0.15, -0.1) is 0 Å². The van der Waals surface area contributed by atoms with Gasteiger partial charge in [-0.2, -0.15) is 0 Å². The lowest BCUT2D eigenvalue weighted by molar-refractivity contribution is 0.0718. The number of ether oxygens (including phenoxy) is 4. The molecule has 0 amide bonds. The van der Waals surface area contributed by atoms with Gasteiger partial charge in [-0.25, -0.2) is 14.4 Å². The Balaban J connectivity index is 1.32. The number of methoxy groups -OCH3 is 1. The first-order valence-electron chi connectivity index (χ1n) is 11.0. The summed E-state index contributed by atoms with van der Waals surface area (Å²) in [5.41, 5.74) is 2.04. The lowest BCUT2D eigenvalue weighted by Gasteiger charge is -2.08. The van der Waals surface area contributed by atoms with Crippen LogP contribution < -0.4 is 18.9 Å². The van der Waals surface area contributed by atoms with Crippen molar-refractivity contribution in [3.8, 4) is 23.0 Å². The Morgan fingerprint density at radius 2 is 0.889 bits per heavy atom. The zero-order valence-electron chi connectivity index (χ0n) is 19.6. The minimum Gasteiger partial charge on any atom is -0.497 e. The Morgan fingerprint density at radius 1 is 0.500 bits per heavy atom. The van der Waals surface area contributed by atoms with E-state index in [-0.39, 0.29) is 11.3 Å². The highest BCUT2D eigenvalue weighted by atomic mass is 16.5. The molecule has 0 aliphatic rings. The summed E-state index contributed by atoms with van der Waals surface area (Å²) in [4.78, 5) is 37.0. The number of carbonyl (C=O) groups is 3. The van der Waals surface area contributed by atoms with Gasteiger partial charge >= 0.3 is 17.9 Å². The third-order valence-corrected chi connectivity index (χ3v) is 5.12. The molecule has 0 bridgehead atoms. The molecule has 4 rings (SSSR count). The van der Waals surface area contributed by atoms with E-state index in [1.807, 2.05) is 13.0 Å². The SMILES string of the molecule is COc1ccc(C(=O)Oc2ccc(OC(=O)c3ccc(OC(=O)c4cccc(C)c4)cc3)cc2)cc1. The van der Waals surface area contributed by atoms with Crippen LogP contribution in [0.25, 0.3) is 0 Å². The van der Waals surface area contributed by atoms with Crippen molar-refractivity contribution in [3.63, 3.8) is 0 Å². The summed E-state index contributed by atoms with van der Waals surface area (Å²) in [7, 11) is 1.54. The lowest BCUT2D eigenvalue weighted by Crippen LogP contribution is -2.10. The van der Waals surface area contributed by atoms with Gasteiger partial charge in [-0.3, -0.25) is 0 Å². The molecule has 0 fully saturated rings. The monoisotopic (exact) mass is 482 g/mol. The maximum absolute atomic E-state index is 12.5. The summed E-state index contributed by atoms with van der Waals surface area (Å²) >= 11 is 0. The molecule has 0 aliphatic carbocycles. The molecular formula is C29H22O7. The first-order chi connectivity index (χ1) is 17.4. The van der Waals surface area contributed by atoms with Gasteiger partial charge in [0.1, 0.15) is 23.0 Å². The van der Waals surface area contributed by atoms with Crippen LogP contribution in [0.3, 0.4) is 0 Å². The molecule has 4 aromatic carbocycles. The van der Waals surface area contributed by atoms with Gasteiger partial charge in [0.25, 0.3) is 0 Å². The molecule has 7 nitrogen and oxygen atoms in total. The Morgan fingerprint density at radius 3 is 1.31 bits per heavy atom. The average molecular weight is 482 g/mol. The van der Waals surface area contributed by atoms with E-state index in [0.29, 0.717) is 28.4 Å². The second-order valence-corrected chi connectivity index (χ2v) is 7.76. The van der Waals surface area contributed by atoms with Crippen LogP contribution in [0.5, 0.6) is 23.0 Å². The summed E-state index contributed by atoms with van der Waals surface area (Å²) in [6, 6.07) is 25.8. The van der Waals surface area contributed by atoms with Crippen molar-refractivity contribution in [1.29, 1.82) is 0 Å². The van der Waals surface area contributed by atoms with Crippen molar-refractivity contribution in [3.05, 3.63) is 119 Å². The van der Waals surface area contributed by atoms with Crippen LogP contribution in [-0.2, 0) is 0 Å². The molecular weight excluding hydrogens is 460 g/mol. The number of esters is 3. The van der Waals surface area contributed by atoms with Crippen LogP contribution in [-0.4, -0.2) is 25.0 Å². The van der Waals surface area contributed by atoms with Crippen molar-refractivity contribution >= 4 is 17.9 Å². The van der Waals surface area contributed by atoms with Gasteiger partial charge in [-0.1, -0.05) is 17.7 Å². The number of hydrogen-bond donors (Lipinski definition) is 0. The van der Waals surface area contributed by atoms with E-state index in [4.69, 9.17) is 18.9 Å². The predicted molar refractivity (Wildman–Crippen MR) is 132 cm³/mol. The van der Waals surface area contributed by atoms with Crippen LogP contribution in [0.2, 0.25) is 0 Å². The van der Waals surface area contributed by atoms with Crippen molar-refractivity contribution in [2.24, 2.45) is 0 Å². The van der Waals surface area contributed by atoms with Crippen molar-refractivity contribution in [1.82, 2.24) is 0 Å². The standard InChI is InChI=1S/C29H22O7/c1-19-4-3-5-22(18-19)29(32)36-24-12-8-21(9-13-24)28(31)35-26-16-14-25(15-17-26)34-27(30)20-6-10-23(33-2)11-7-20/h3-18H,1-2H3. The molecule has 0 atom stereocenters. The van der Waals surface area contributed by atoms with Gasteiger partial charge in [0, 0.05) is 0 Å². The maximum Gasteiger partial charge on any atom is 0.343 e. The van der Waals surface area contributed by atoms with Gasteiger partial charge in [-0.05, 0) is 91.9 Å². The number of benzene rings is 4. The number of rotatable bonds is 7. The van der Waals surface area contributed by atoms with E-state index in [9.17, 15) is 14.4 Å². The molecule has 7 heteroatoms. The molecule has 0 saturated carbocycles. The van der Waals surface area contributed by atoms with E-state index >= 15 is 0 Å². The summed E-state index contributed by atoms with van der Waals surface area (Å²) in [6.07, 6.45) is 0. The molecule has 180 valence electrons. The van der Waals surface area contributed by atoms with Crippen LogP contribution in [0.1, 0.15) is 36.6 Å². The highest BCUT2D eigenvalue weighted by Gasteiger charge is 2.13. The van der Waals surface area contributed by atoms with Crippen molar-refractivity contribution in [2.75, 3.05) is 7.11 Å². The lowest BCUT2D eigenvalue weighted by atomic mass is 10.1. The second kappa shape index (κ2) is 11.0. The first kappa shape index (κ1) is 24.2. The summed E-state index contributed by atoms with van der Waals surface area (Å²) < 4.78 is 21.1. The van der Waals surface area contributed by atoms with Crippen LogP contribution in [0.15, 0.2) is 97.1 Å². The van der Waals surface area contributed by atoms with Crippen LogP contribution in [0, 0.1) is 6.92 Å². The molecule has 0 radical (unpaired) electrons. The van der Waals surface area contributed by atoms with E-state index in [1.54, 1.807) is 49.6 Å². The zero-order valence-corrected chi connectivity index (χ0v) is 19.6. The second-order valence-electron chi connectivity index (χ2n) is 7.76. The molecule has 0 unspecified atom stereocenters. The molecule has 4 aromatic rings. The summed E-state index contributed by atoms with van der Waals surface area (Å²) in [5, 5.41) is 0. The fourth-order valence-electron chi connectivity index (χ4n) is 3.23. The quantitative estimate of drug-likeness (QED) is 0.248. The van der Waals surface area contributed by atoms with Gasteiger partial charge in [0.15, 0.2) is 0 Å². The van der Waals surface area contributed by atoms with Crippen molar-refractivity contribution in [2.45, 2.75) is 6.92 Å². The van der Waals surface area contributed by atoms with E-state index in [1.165, 1.54) is 48.5 Å². The Bertz CT molecular complexity index is 1370. The summed E-state index contributed by atoms with van der Waals surface area (Å²) in [5.74, 6) is -0.0757. The molecule has 0 heterocycles. The average Bonchev–Trinajstić information content (AvgIpc) is 2.90. The fourth-order valence-corrected chi connectivity index (χ4v) is 3.23. The maximum atomic E-state index is 12.5. The Labute approximate surface area is 207 Å². The molecule has 36 heavy (non-hydrogen) atoms. The number of aryl methyl sites for hydroxylation is 1. The molecule has 0 saturated heterocycles. The molecule has 0 N–H and O–H groups in total. The number of carbonyl (C=O) groups excluding carboxylic acids is 3. The van der Waals surface area contributed by atoms with Crippen LogP contribution in [0.4, 0.5) is 0 Å². The molecule has 0 aromatic heterocycles. The van der Waals surface area contributed by atoms with Gasteiger partial charge in [0.05, 0.1) is 23.8 Å². The van der Waals surface area contributed by atoms with Crippen molar-refractivity contribution < 1.29 is 33.3 Å². The third-order valence-electron chi connectivity index (χ3n) is 5.12. The molecule has 0 spiro atoms. The largest absolute Gasteiger partial charge is 0.497 e. The molecule has 0 aliphatic heterocycles. The van der Waals surface area contributed by atoms with E-state index in [2.05, 4.69) is 0 Å². The predicted octanol–water partition coefficient (Wildman–Crippen LogP) is 5.66. The Kier molecular flexibility index (Phi) is 7.41. The highest BCUT2D eigenvalue weighted by molar-refractivity contribution is 5.93. The van der Waals surface area contributed by atoms with Gasteiger partial charge < -0.3 is 18.9 Å². The zero-order chi connectivity index (χ0) is 25.5. The summed E-state index contributed by atoms with van der Waals surface area (Å²) in [6.45, 7) is 1.89. The van der Waals surface area contributed by atoms with E-state index < -0.39 is 17.9 Å². The van der Waals surface area contributed by atoms with Crippen LogP contribution >= 0.6 is 0 Å². The minimum atomic E-state index is -0.588. The topological polar surface area (TPSA) is 88.1 Å². The Hall–Kier alpha value is -4.91. The minimum absolute atomic E-state index is 0.277. The number of hydrogen-bond acceptors (Lipinski definition) is 7. The third kappa shape index (κ3) is 6.15. The van der Waals surface area contributed by atoms with E-state index in [0.717, 1.165) is 5.56 Å². The highest BCUT2D eigenvalue weighted by Crippen LogP contribution is 2.21. The first-order valence-corrected chi connectivity index (χ1v) is 11.0. The normalized spacial score (nSPS) is 10.3. The smallest absolute Gasteiger partial charge is 0.343 e. The fraction of sp³-hybridized carbons (Fsp3) is 0.0690.